The van der Waals surface area contributed by atoms with Crippen LogP contribution in [0.5, 0.6) is 0 Å². The molecular weight excluding hydrogens is 244 g/mol. The van der Waals surface area contributed by atoms with E-state index < -0.39 is 13.4 Å². The molecule has 0 aliphatic carbocycles. The molecule has 0 saturated carbocycles. The van der Waals surface area contributed by atoms with Crippen molar-refractivity contribution < 1.29 is 14.4 Å². The molecule has 0 aliphatic rings. The number of nitrogens with zero attached hydrogens (tertiary/aromatic N) is 1. The second-order valence-electron chi connectivity index (χ2n) is 1.74. The molecule has 1 atom stereocenters. The van der Waals surface area contributed by atoms with E-state index in [-0.39, 0.29) is 0 Å². The third-order valence-electron chi connectivity index (χ3n) is 0.979. The molecule has 0 amide bonds. The van der Waals surface area contributed by atoms with Crippen LogP contribution >= 0.6 is 35.5 Å². The van der Waals surface area contributed by atoms with Gasteiger partial charge >= 0.3 is 7.60 Å². The Bertz CT molecular complexity index is 149. The second kappa shape index (κ2) is 4.04. The minimum absolute atomic E-state index is 0.291. The van der Waals surface area contributed by atoms with E-state index in [1.54, 1.807) is 6.92 Å². The Kier molecular flexibility index (Phi) is 4.40. The van der Waals surface area contributed by atoms with Gasteiger partial charge in [0.2, 0.25) is 0 Å². The normalized spacial score (nSPS) is 15.8. The van der Waals surface area contributed by atoms with Crippen molar-refractivity contribution >= 4 is 35.5 Å². The first-order chi connectivity index (χ1) is 4.39. The maximum atomic E-state index is 10.5. The molecule has 0 fully saturated rings. The number of hydrogen-bond donors (Lipinski definition) is 2. The highest BCUT2D eigenvalue weighted by Crippen LogP contribution is 2.46. The van der Waals surface area contributed by atoms with Gasteiger partial charge in [-0.1, -0.05) is 6.92 Å². The summed E-state index contributed by atoms with van der Waals surface area (Å²) in [6, 6.07) is 0. The molecule has 1 unspecified atom stereocenters. The van der Waals surface area contributed by atoms with E-state index in [4.69, 9.17) is 21.6 Å². The standard InChI is InChI=1S/C3H8BrClNO3P/c1-2-3(6(4)5)10(7,8)9/h3H,2H2,1H3,(H2,7,8,9). The van der Waals surface area contributed by atoms with Gasteiger partial charge in [-0.25, -0.2) is 0 Å². The summed E-state index contributed by atoms with van der Waals surface area (Å²) in [4.78, 5) is 17.2. The summed E-state index contributed by atoms with van der Waals surface area (Å²) < 4.78 is 11.4. The summed E-state index contributed by atoms with van der Waals surface area (Å²) in [5.74, 6) is -0.950. The van der Waals surface area contributed by atoms with Crippen LogP contribution in [-0.2, 0) is 4.57 Å². The van der Waals surface area contributed by atoms with Gasteiger partial charge < -0.3 is 9.79 Å². The first-order valence-corrected chi connectivity index (χ1v) is 5.28. The largest absolute Gasteiger partial charge is 0.344 e. The molecule has 0 saturated heterocycles. The first-order valence-electron chi connectivity index (χ1n) is 2.55. The Morgan fingerprint density at radius 1 is 1.80 bits per heavy atom. The molecule has 0 radical (unpaired) electrons. The highest BCUT2D eigenvalue weighted by molar-refractivity contribution is 9.08. The molecule has 0 spiro atoms. The predicted molar refractivity (Wildman–Crippen MR) is 42.7 cm³/mol. The summed E-state index contributed by atoms with van der Waals surface area (Å²) in [6.07, 6.45) is 0.291. The lowest BCUT2D eigenvalue weighted by molar-refractivity contribution is 0.340. The third kappa shape index (κ3) is 3.32. The fraction of sp³-hybridized carbons (Fsp3) is 1.00. The minimum atomic E-state index is -4.08. The van der Waals surface area contributed by atoms with Crippen LogP contribution in [0, 0.1) is 0 Å². The van der Waals surface area contributed by atoms with Crippen LogP contribution < -0.4 is 0 Å². The van der Waals surface area contributed by atoms with Gasteiger partial charge in [-0.3, -0.25) is 4.57 Å². The average molecular weight is 252 g/mol. The van der Waals surface area contributed by atoms with Crippen molar-refractivity contribution in [3.05, 3.63) is 0 Å². The van der Waals surface area contributed by atoms with Crippen molar-refractivity contribution in [3.63, 3.8) is 0 Å². The molecule has 0 aromatic heterocycles. The molecule has 4 nitrogen and oxygen atoms in total. The molecular formula is C3H8BrClNO3P. The minimum Gasteiger partial charge on any atom is -0.323 e. The van der Waals surface area contributed by atoms with Gasteiger partial charge in [0.05, 0.1) is 0 Å². The zero-order valence-electron chi connectivity index (χ0n) is 5.24. The van der Waals surface area contributed by atoms with Gasteiger partial charge in [0.1, 0.15) is 5.78 Å². The summed E-state index contributed by atoms with van der Waals surface area (Å²) in [6.45, 7) is 1.64. The first kappa shape index (κ1) is 10.9. The highest BCUT2D eigenvalue weighted by atomic mass is 79.9. The SMILES string of the molecule is CCC(N(Cl)Br)P(=O)(O)O. The Balaban J connectivity index is 4.22. The van der Waals surface area contributed by atoms with Crippen LogP contribution in [0.1, 0.15) is 13.3 Å². The van der Waals surface area contributed by atoms with E-state index >= 15 is 0 Å². The smallest absolute Gasteiger partial charge is 0.323 e. The van der Waals surface area contributed by atoms with E-state index in [9.17, 15) is 4.57 Å². The molecule has 0 aromatic rings. The third-order valence-corrected chi connectivity index (χ3v) is 3.53. The Hall–Kier alpha value is 0.880. The number of hydrogen-bond acceptors (Lipinski definition) is 2. The van der Waals surface area contributed by atoms with Gasteiger partial charge in [0.15, 0.2) is 0 Å². The molecule has 0 heterocycles. The van der Waals surface area contributed by atoms with E-state index in [1.165, 1.54) is 0 Å². The van der Waals surface area contributed by atoms with Gasteiger partial charge in [-0.15, -0.1) is 3.45 Å². The zero-order valence-corrected chi connectivity index (χ0v) is 8.47. The van der Waals surface area contributed by atoms with Crippen LogP contribution in [0.2, 0.25) is 0 Å². The monoisotopic (exact) mass is 251 g/mol. The lowest BCUT2D eigenvalue weighted by atomic mass is 10.5. The maximum absolute atomic E-state index is 10.5. The van der Waals surface area contributed by atoms with Crippen molar-refractivity contribution in [1.82, 2.24) is 3.45 Å². The van der Waals surface area contributed by atoms with Crippen molar-refractivity contribution in [1.29, 1.82) is 0 Å². The lowest BCUT2D eigenvalue weighted by Gasteiger charge is -2.18. The maximum Gasteiger partial charge on any atom is 0.344 e. The molecule has 7 heteroatoms. The summed E-state index contributed by atoms with van der Waals surface area (Å²) in [5.41, 5.74) is 0. The van der Waals surface area contributed by atoms with Crippen LogP contribution in [0.3, 0.4) is 0 Å². The van der Waals surface area contributed by atoms with E-state index in [0.29, 0.717) is 6.42 Å². The Morgan fingerprint density at radius 3 is 2.20 bits per heavy atom. The van der Waals surface area contributed by atoms with Crippen LogP contribution in [0.4, 0.5) is 0 Å². The van der Waals surface area contributed by atoms with Crippen LogP contribution in [0.15, 0.2) is 0 Å². The number of halogens is 2. The second-order valence-corrected chi connectivity index (χ2v) is 5.05. The van der Waals surface area contributed by atoms with Gasteiger partial charge in [0, 0.05) is 16.1 Å². The quantitative estimate of drug-likeness (QED) is 0.592. The van der Waals surface area contributed by atoms with Crippen molar-refractivity contribution in [2.24, 2.45) is 0 Å². The summed E-state index contributed by atoms with van der Waals surface area (Å²) in [5, 5.41) is 0. The molecule has 0 aromatic carbocycles. The molecule has 0 aliphatic heterocycles. The molecule has 0 bridgehead atoms. The van der Waals surface area contributed by atoms with Gasteiger partial charge in [0.25, 0.3) is 0 Å². The van der Waals surface area contributed by atoms with Crippen LogP contribution in [0.25, 0.3) is 0 Å². The van der Waals surface area contributed by atoms with E-state index in [1.807, 2.05) is 0 Å². The zero-order chi connectivity index (χ0) is 8.36. The van der Waals surface area contributed by atoms with Gasteiger partial charge in [-0.2, -0.15) is 0 Å². The fourth-order valence-electron chi connectivity index (χ4n) is 0.490. The Labute approximate surface area is 72.8 Å². The molecule has 2 N–H and O–H groups in total. The topological polar surface area (TPSA) is 60.8 Å². The molecule has 0 rings (SSSR count). The average Bonchev–Trinajstić information content (AvgIpc) is 1.60. The lowest BCUT2D eigenvalue weighted by Crippen LogP contribution is -2.17. The van der Waals surface area contributed by atoms with Crippen molar-refractivity contribution in [2.45, 2.75) is 19.1 Å². The highest BCUT2D eigenvalue weighted by Gasteiger charge is 2.31. The fourth-order valence-corrected chi connectivity index (χ4v) is 2.68. The van der Waals surface area contributed by atoms with E-state index in [2.05, 4.69) is 16.1 Å². The van der Waals surface area contributed by atoms with Crippen molar-refractivity contribution in [2.75, 3.05) is 0 Å². The van der Waals surface area contributed by atoms with Gasteiger partial charge in [-0.05, 0) is 18.2 Å². The summed E-state index contributed by atoms with van der Waals surface area (Å²) >= 11 is 8.03. The number of rotatable bonds is 3. The van der Waals surface area contributed by atoms with E-state index in [0.717, 1.165) is 3.45 Å². The predicted octanol–water partition coefficient (Wildman–Crippen LogP) is 1.67. The molecule has 10 heavy (non-hydrogen) atoms. The van der Waals surface area contributed by atoms with Crippen molar-refractivity contribution in [3.8, 4) is 0 Å². The Morgan fingerprint density at radius 2 is 2.20 bits per heavy atom. The summed E-state index contributed by atoms with van der Waals surface area (Å²) in [7, 11) is -4.08. The molecule has 62 valence electrons. The van der Waals surface area contributed by atoms with Crippen LogP contribution in [-0.4, -0.2) is 19.0 Å².